The highest BCUT2D eigenvalue weighted by atomic mass is 127. The minimum atomic E-state index is -1.16. The van der Waals surface area contributed by atoms with E-state index in [-0.39, 0.29) is 17.2 Å². The second kappa shape index (κ2) is 5.79. The Hall–Kier alpha value is -1.96. The van der Waals surface area contributed by atoms with Gasteiger partial charge in [-0.05, 0) is 52.9 Å². The van der Waals surface area contributed by atoms with Crippen molar-refractivity contribution in [3.8, 4) is 0 Å². The number of nitrogens with zero attached hydrogens (tertiary/aromatic N) is 1. The molecule has 0 aliphatic rings. The summed E-state index contributed by atoms with van der Waals surface area (Å²) in [7, 11) is 0. The first kappa shape index (κ1) is 13.5. The number of carbonyl (C=O) groups is 2. The van der Waals surface area contributed by atoms with Crippen molar-refractivity contribution >= 4 is 40.2 Å². The van der Waals surface area contributed by atoms with Gasteiger partial charge in [0.05, 0.1) is 0 Å². The van der Waals surface area contributed by atoms with Gasteiger partial charge >= 0.3 is 5.97 Å². The van der Waals surface area contributed by atoms with E-state index in [2.05, 4.69) is 32.9 Å². The molecule has 0 saturated heterocycles. The first-order valence-electron chi connectivity index (χ1n) is 5.32. The van der Waals surface area contributed by atoms with Crippen LogP contribution < -0.4 is 5.32 Å². The summed E-state index contributed by atoms with van der Waals surface area (Å²) in [5, 5.41) is 11.5. The molecule has 0 atom stereocenters. The maximum Gasteiger partial charge on any atom is 0.354 e. The third-order valence-corrected chi connectivity index (χ3v) is 2.99. The molecule has 0 saturated carbocycles. The maximum absolute atomic E-state index is 12.0. The van der Waals surface area contributed by atoms with Crippen molar-refractivity contribution < 1.29 is 14.7 Å². The van der Waals surface area contributed by atoms with Gasteiger partial charge in [0.25, 0.3) is 5.91 Å². The zero-order valence-electron chi connectivity index (χ0n) is 9.63. The Balaban J connectivity index is 2.20. The second-order valence-corrected chi connectivity index (χ2v) is 4.95. The predicted molar refractivity (Wildman–Crippen MR) is 78.3 cm³/mol. The Morgan fingerprint density at radius 3 is 2.68 bits per heavy atom. The lowest BCUT2D eigenvalue weighted by molar-refractivity contribution is 0.0690. The second-order valence-electron chi connectivity index (χ2n) is 3.70. The average molecular weight is 368 g/mol. The zero-order valence-corrected chi connectivity index (χ0v) is 11.8. The van der Waals surface area contributed by atoms with E-state index in [9.17, 15) is 9.59 Å². The third kappa shape index (κ3) is 3.50. The van der Waals surface area contributed by atoms with E-state index in [1.54, 1.807) is 6.07 Å². The summed E-state index contributed by atoms with van der Waals surface area (Å²) in [6.45, 7) is 0. The summed E-state index contributed by atoms with van der Waals surface area (Å²) in [4.78, 5) is 26.4. The molecule has 1 heterocycles. The molecule has 0 aliphatic carbocycles. The number of halogens is 1. The lowest BCUT2D eigenvalue weighted by Gasteiger charge is -2.05. The Kier molecular flexibility index (Phi) is 4.10. The van der Waals surface area contributed by atoms with Gasteiger partial charge in [-0.25, -0.2) is 9.78 Å². The quantitative estimate of drug-likeness (QED) is 0.817. The van der Waals surface area contributed by atoms with Gasteiger partial charge in [0.1, 0.15) is 5.69 Å². The normalized spacial score (nSPS) is 9.95. The van der Waals surface area contributed by atoms with Crippen molar-refractivity contribution in [2.75, 3.05) is 5.32 Å². The number of hydrogen-bond acceptors (Lipinski definition) is 3. The topological polar surface area (TPSA) is 79.3 Å². The number of benzene rings is 1. The van der Waals surface area contributed by atoms with E-state index in [4.69, 9.17) is 5.11 Å². The molecular weight excluding hydrogens is 359 g/mol. The molecule has 2 rings (SSSR count). The number of aromatic nitrogens is 1. The van der Waals surface area contributed by atoms with E-state index in [1.165, 1.54) is 18.3 Å². The van der Waals surface area contributed by atoms with Crippen LogP contribution in [0.3, 0.4) is 0 Å². The van der Waals surface area contributed by atoms with Gasteiger partial charge in [0.15, 0.2) is 0 Å². The summed E-state index contributed by atoms with van der Waals surface area (Å²) in [5.74, 6) is -1.53. The fourth-order valence-electron chi connectivity index (χ4n) is 1.46. The molecular formula is C13H9IN2O3. The third-order valence-electron chi connectivity index (χ3n) is 2.32. The molecule has 0 bridgehead atoms. The number of carboxylic acid groups (broad SMARTS) is 1. The Labute approximate surface area is 122 Å². The fourth-order valence-corrected chi connectivity index (χ4v) is 2.00. The largest absolute Gasteiger partial charge is 0.477 e. The minimum absolute atomic E-state index is 0.157. The van der Waals surface area contributed by atoms with E-state index >= 15 is 0 Å². The van der Waals surface area contributed by atoms with Gasteiger partial charge in [-0.2, -0.15) is 0 Å². The maximum atomic E-state index is 12.0. The van der Waals surface area contributed by atoms with Crippen LogP contribution in [0, 0.1) is 3.57 Å². The van der Waals surface area contributed by atoms with Crippen molar-refractivity contribution in [1.29, 1.82) is 0 Å². The molecule has 6 heteroatoms. The summed E-state index contributed by atoms with van der Waals surface area (Å²) in [6.07, 6.45) is 1.30. The molecule has 0 spiro atoms. The highest BCUT2D eigenvalue weighted by Crippen LogP contribution is 2.14. The Bertz CT molecular complexity index is 643. The van der Waals surface area contributed by atoms with Crippen molar-refractivity contribution in [1.82, 2.24) is 4.98 Å². The molecule has 1 aromatic carbocycles. The molecule has 1 amide bonds. The van der Waals surface area contributed by atoms with Gasteiger partial charge in [0.2, 0.25) is 0 Å². The van der Waals surface area contributed by atoms with Gasteiger partial charge in [-0.15, -0.1) is 0 Å². The SMILES string of the molecule is O=C(Nc1cccc(I)c1)c1ccnc(C(=O)O)c1. The number of amides is 1. The fraction of sp³-hybridized carbons (Fsp3) is 0. The number of rotatable bonds is 3. The molecule has 2 aromatic rings. The summed E-state index contributed by atoms with van der Waals surface area (Å²) in [6, 6.07) is 10.0. The van der Waals surface area contributed by atoms with E-state index in [0.29, 0.717) is 5.69 Å². The summed E-state index contributed by atoms with van der Waals surface area (Å²) >= 11 is 2.14. The lowest BCUT2D eigenvalue weighted by Crippen LogP contribution is -2.13. The van der Waals surface area contributed by atoms with Crippen LogP contribution in [0.4, 0.5) is 5.69 Å². The van der Waals surface area contributed by atoms with Crippen LogP contribution in [-0.4, -0.2) is 22.0 Å². The molecule has 5 nitrogen and oxygen atoms in total. The first-order valence-corrected chi connectivity index (χ1v) is 6.40. The molecule has 0 aliphatic heterocycles. The standard InChI is InChI=1S/C13H9IN2O3/c14-9-2-1-3-10(7-9)16-12(17)8-4-5-15-11(6-8)13(18)19/h1-7H,(H,16,17)(H,18,19). The zero-order chi connectivity index (χ0) is 13.8. The van der Waals surface area contributed by atoms with Gasteiger partial charge in [-0.1, -0.05) is 6.07 Å². The van der Waals surface area contributed by atoms with Gasteiger partial charge in [0, 0.05) is 21.0 Å². The molecule has 96 valence electrons. The number of carboxylic acids is 1. The van der Waals surface area contributed by atoms with Crippen LogP contribution in [0.2, 0.25) is 0 Å². The molecule has 1 aromatic heterocycles. The van der Waals surface area contributed by atoms with Crippen LogP contribution in [0.25, 0.3) is 0 Å². The molecule has 0 radical (unpaired) electrons. The Morgan fingerprint density at radius 2 is 2.00 bits per heavy atom. The number of aromatic carboxylic acids is 1. The minimum Gasteiger partial charge on any atom is -0.477 e. The first-order chi connectivity index (χ1) is 9.06. The van der Waals surface area contributed by atoms with E-state index in [1.807, 2.05) is 18.2 Å². The summed E-state index contributed by atoms with van der Waals surface area (Å²) in [5.41, 5.74) is 0.757. The van der Waals surface area contributed by atoms with Gasteiger partial charge < -0.3 is 10.4 Å². The number of hydrogen-bond donors (Lipinski definition) is 2. The molecule has 19 heavy (non-hydrogen) atoms. The summed E-state index contributed by atoms with van der Waals surface area (Å²) < 4.78 is 0.997. The number of carbonyl (C=O) groups excluding carboxylic acids is 1. The van der Waals surface area contributed by atoms with Crippen LogP contribution in [-0.2, 0) is 0 Å². The van der Waals surface area contributed by atoms with Gasteiger partial charge in [-0.3, -0.25) is 4.79 Å². The van der Waals surface area contributed by atoms with Crippen LogP contribution >= 0.6 is 22.6 Å². The monoisotopic (exact) mass is 368 g/mol. The van der Waals surface area contributed by atoms with Crippen LogP contribution in [0.15, 0.2) is 42.6 Å². The van der Waals surface area contributed by atoms with Crippen LogP contribution in [0.5, 0.6) is 0 Å². The smallest absolute Gasteiger partial charge is 0.354 e. The van der Waals surface area contributed by atoms with E-state index in [0.717, 1.165) is 3.57 Å². The number of anilines is 1. The van der Waals surface area contributed by atoms with Crippen molar-refractivity contribution in [3.05, 3.63) is 57.4 Å². The molecule has 2 N–H and O–H groups in total. The molecule has 0 fully saturated rings. The average Bonchev–Trinajstić information content (AvgIpc) is 2.39. The number of pyridine rings is 1. The van der Waals surface area contributed by atoms with Crippen LogP contribution in [0.1, 0.15) is 20.8 Å². The van der Waals surface area contributed by atoms with E-state index < -0.39 is 5.97 Å². The van der Waals surface area contributed by atoms with Crippen molar-refractivity contribution in [3.63, 3.8) is 0 Å². The van der Waals surface area contributed by atoms with Crippen molar-refractivity contribution in [2.45, 2.75) is 0 Å². The predicted octanol–water partition coefficient (Wildman–Crippen LogP) is 2.64. The highest BCUT2D eigenvalue weighted by molar-refractivity contribution is 14.1. The molecule has 0 unspecified atom stereocenters. The highest BCUT2D eigenvalue weighted by Gasteiger charge is 2.10. The number of nitrogens with one attached hydrogen (secondary N) is 1. The van der Waals surface area contributed by atoms with Crippen molar-refractivity contribution in [2.24, 2.45) is 0 Å². The Morgan fingerprint density at radius 1 is 1.21 bits per heavy atom. The lowest BCUT2D eigenvalue weighted by atomic mass is 10.2.